The minimum Gasteiger partial charge on any atom is -0.337 e. The average Bonchev–Trinajstić information content (AvgIpc) is 3.24. The SMILES string of the molecule is Cc1c(Cl)nc(C2CC2)nc1Nc1cccc(Cl)c1F. The highest BCUT2D eigenvalue weighted by molar-refractivity contribution is 6.31. The molecule has 0 amide bonds. The first-order chi connectivity index (χ1) is 9.56. The predicted molar refractivity (Wildman–Crippen MR) is 78.4 cm³/mol. The van der Waals surface area contributed by atoms with Crippen LogP contribution >= 0.6 is 23.2 Å². The quantitative estimate of drug-likeness (QED) is 0.823. The molecule has 1 fully saturated rings. The third kappa shape index (κ3) is 2.58. The van der Waals surface area contributed by atoms with Crippen molar-refractivity contribution < 1.29 is 4.39 Å². The molecule has 0 aliphatic heterocycles. The maximum absolute atomic E-state index is 13.9. The van der Waals surface area contributed by atoms with Crippen molar-refractivity contribution in [1.29, 1.82) is 0 Å². The summed E-state index contributed by atoms with van der Waals surface area (Å²) in [6.45, 7) is 1.80. The highest BCUT2D eigenvalue weighted by Crippen LogP contribution is 2.40. The Morgan fingerprint density at radius 1 is 1.25 bits per heavy atom. The van der Waals surface area contributed by atoms with Crippen LogP contribution in [0.1, 0.15) is 30.1 Å². The van der Waals surface area contributed by atoms with E-state index in [4.69, 9.17) is 23.2 Å². The maximum atomic E-state index is 13.9. The largest absolute Gasteiger partial charge is 0.337 e. The topological polar surface area (TPSA) is 37.8 Å². The van der Waals surface area contributed by atoms with E-state index in [-0.39, 0.29) is 10.7 Å². The standard InChI is InChI=1S/C14H12Cl2FN3/c1-7-12(16)19-14(8-5-6-8)20-13(7)18-10-4-2-3-9(15)11(10)17/h2-4,8H,5-6H2,1H3,(H,18,19,20). The minimum atomic E-state index is -0.503. The number of hydrogen-bond acceptors (Lipinski definition) is 3. The Bertz CT molecular complexity index is 672. The Morgan fingerprint density at radius 3 is 2.70 bits per heavy atom. The molecule has 6 heteroatoms. The first-order valence-corrected chi connectivity index (χ1v) is 7.07. The van der Waals surface area contributed by atoms with E-state index in [1.807, 2.05) is 0 Å². The van der Waals surface area contributed by atoms with Crippen molar-refractivity contribution in [2.24, 2.45) is 0 Å². The molecule has 1 heterocycles. The van der Waals surface area contributed by atoms with Crippen LogP contribution in [0.15, 0.2) is 18.2 Å². The van der Waals surface area contributed by atoms with Crippen molar-refractivity contribution in [2.45, 2.75) is 25.7 Å². The van der Waals surface area contributed by atoms with Gasteiger partial charge in [0.25, 0.3) is 0 Å². The van der Waals surface area contributed by atoms with Gasteiger partial charge in [-0.3, -0.25) is 0 Å². The summed E-state index contributed by atoms with van der Waals surface area (Å²) in [5.74, 6) is 1.10. The lowest BCUT2D eigenvalue weighted by atomic mass is 10.2. The van der Waals surface area contributed by atoms with E-state index in [9.17, 15) is 4.39 Å². The van der Waals surface area contributed by atoms with Gasteiger partial charge in [0.15, 0.2) is 5.82 Å². The van der Waals surface area contributed by atoms with E-state index in [0.717, 1.165) is 12.8 Å². The van der Waals surface area contributed by atoms with Crippen molar-refractivity contribution in [3.8, 4) is 0 Å². The fourth-order valence-corrected chi connectivity index (χ4v) is 2.23. The summed E-state index contributed by atoms with van der Waals surface area (Å²) >= 11 is 11.9. The van der Waals surface area contributed by atoms with Gasteiger partial charge >= 0.3 is 0 Å². The van der Waals surface area contributed by atoms with Crippen molar-refractivity contribution >= 4 is 34.7 Å². The van der Waals surface area contributed by atoms with Gasteiger partial charge in [-0.15, -0.1) is 0 Å². The molecular weight excluding hydrogens is 300 g/mol. The van der Waals surface area contributed by atoms with Gasteiger partial charge in [0.2, 0.25) is 0 Å². The molecule has 1 aliphatic carbocycles. The lowest BCUT2D eigenvalue weighted by molar-refractivity contribution is 0.632. The van der Waals surface area contributed by atoms with E-state index in [2.05, 4.69) is 15.3 Å². The fourth-order valence-electron chi connectivity index (χ4n) is 1.88. The van der Waals surface area contributed by atoms with Crippen LogP contribution in [-0.2, 0) is 0 Å². The van der Waals surface area contributed by atoms with Crippen molar-refractivity contribution in [3.63, 3.8) is 0 Å². The molecule has 20 heavy (non-hydrogen) atoms. The third-order valence-electron chi connectivity index (χ3n) is 3.25. The number of halogens is 3. The summed E-state index contributed by atoms with van der Waals surface area (Å²) in [6, 6.07) is 4.78. The number of nitrogens with one attached hydrogen (secondary N) is 1. The van der Waals surface area contributed by atoms with Gasteiger partial charge in [0.05, 0.1) is 10.7 Å². The number of nitrogens with zero attached hydrogens (tertiary/aromatic N) is 2. The van der Waals surface area contributed by atoms with Crippen molar-refractivity contribution in [3.05, 3.63) is 45.6 Å². The molecule has 3 nitrogen and oxygen atoms in total. The molecule has 0 saturated heterocycles. The Labute approximate surface area is 126 Å². The highest BCUT2D eigenvalue weighted by Gasteiger charge is 2.28. The lowest BCUT2D eigenvalue weighted by Crippen LogP contribution is -2.04. The van der Waals surface area contributed by atoms with Crippen LogP contribution in [0, 0.1) is 12.7 Å². The van der Waals surface area contributed by atoms with Gasteiger partial charge in [-0.25, -0.2) is 14.4 Å². The fraction of sp³-hybridized carbons (Fsp3) is 0.286. The molecular formula is C14H12Cl2FN3. The van der Waals surface area contributed by atoms with Gasteiger partial charge in [0, 0.05) is 11.5 Å². The first kappa shape index (κ1) is 13.6. The van der Waals surface area contributed by atoms with Crippen LogP contribution in [-0.4, -0.2) is 9.97 Å². The average molecular weight is 312 g/mol. The molecule has 1 N–H and O–H groups in total. The first-order valence-electron chi connectivity index (χ1n) is 6.31. The summed E-state index contributed by atoms with van der Waals surface area (Å²) in [5.41, 5.74) is 0.965. The van der Waals surface area contributed by atoms with E-state index in [0.29, 0.717) is 28.3 Å². The summed E-state index contributed by atoms with van der Waals surface area (Å²) in [4.78, 5) is 8.72. The number of benzene rings is 1. The molecule has 2 aromatic rings. The molecule has 1 aromatic carbocycles. The molecule has 1 saturated carbocycles. The normalized spacial score (nSPS) is 14.4. The predicted octanol–water partition coefficient (Wildman–Crippen LogP) is 4.85. The van der Waals surface area contributed by atoms with Gasteiger partial charge in [-0.1, -0.05) is 29.3 Å². The minimum absolute atomic E-state index is 0.0650. The van der Waals surface area contributed by atoms with Crippen molar-refractivity contribution in [1.82, 2.24) is 9.97 Å². The van der Waals surface area contributed by atoms with Crippen LogP contribution < -0.4 is 5.32 Å². The molecule has 0 bridgehead atoms. The number of anilines is 2. The smallest absolute Gasteiger partial charge is 0.165 e. The van der Waals surface area contributed by atoms with Gasteiger partial charge in [-0.05, 0) is 31.9 Å². The summed E-state index contributed by atoms with van der Waals surface area (Å²) in [5, 5.41) is 3.41. The molecule has 3 rings (SSSR count). The van der Waals surface area contributed by atoms with Gasteiger partial charge in [-0.2, -0.15) is 0 Å². The van der Waals surface area contributed by atoms with Crippen LogP contribution in [0.25, 0.3) is 0 Å². The zero-order valence-electron chi connectivity index (χ0n) is 10.8. The highest BCUT2D eigenvalue weighted by atomic mass is 35.5. The van der Waals surface area contributed by atoms with E-state index < -0.39 is 5.82 Å². The summed E-state index contributed by atoms with van der Waals surface area (Å²) in [6.07, 6.45) is 2.15. The summed E-state index contributed by atoms with van der Waals surface area (Å²) in [7, 11) is 0. The van der Waals surface area contributed by atoms with E-state index in [1.165, 1.54) is 6.07 Å². The van der Waals surface area contributed by atoms with Gasteiger partial charge < -0.3 is 5.32 Å². The number of rotatable bonds is 3. The third-order valence-corrected chi connectivity index (χ3v) is 3.91. The van der Waals surface area contributed by atoms with Crippen LogP contribution in [0.3, 0.4) is 0 Å². The number of aromatic nitrogens is 2. The monoisotopic (exact) mass is 311 g/mol. The van der Waals surface area contributed by atoms with Crippen LogP contribution in [0.2, 0.25) is 10.2 Å². The Morgan fingerprint density at radius 2 is 2.00 bits per heavy atom. The second-order valence-electron chi connectivity index (χ2n) is 4.85. The summed E-state index contributed by atoms with van der Waals surface area (Å²) < 4.78 is 13.9. The second-order valence-corrected chi connectivity index (χ2v) is 5.61. The second kappa shape index (κ2) is 5.19. The van der Waals surface area contributed by atoms with Gasteiger partial charge in [0.1, 0.15) is 16.8 Å². The van der Waals surface area contributed by atoms with E-state index in [1.54, 1.807) is 19.1 Å². The zero-order chi connectivity index (χ0) is 14.3. The molecule has 0 unspecified atom stereocenters. The Kier molecular flexibility index (Phi) is 3.52. The molecule has 0 spiro atoms. The van der Waals surface area contributed by atoms with Crippen LogP contribution in [0.5, 0.6) is 0 Å². The zero-order valence-corrected chi connectivity index (χ0v) is 12.3. The number of hydrogen-bond donors (Lipinski definition) is 1. The van der Waals surface area contributed by atoms with E-state index >= 15 is 0 Å². The Hall–Kier alpha value is -1.39. The molecule has 1 aliphatic rings. The Balaban J connectivity index is 1.99. The van der Waals surface area contributed by atoms with Crippen LogP contribution in [0.4, 0.5) is 15.9 Å². The molecule has 0 radical (unpaired) electrons. The van der Waals surface area contributed by atoms with Crippen molar-refractivity contribution in [2.75, 3.05) is 5.32 Å². The molecule has 0 atom stereocenters. The molecule has 104 valence electrons. The maximum Gasteiger partial charge on any atom is 0.165 e. The molecule has 1 aromatic heterocycles. The lowest BCUT2D eigenvalue weighted by Gasteiger charge is -2.12.